The molecule has 2 N–H and O–H groups in total. The fraction of sp³-hybridized carbons (Fsp3) is 0.667. The van der Waals surface area contributed by atoms with Gasteiger partial charge < -0.3 is 10.3 Å². The van der Waals surface area contributed by atoms with E-state index in [1.165, 1.54) is 0 Å². The number of aromatic nitrogens is 2. The van der Waals surface area contributed by atoms with Crippen LogP contribution in [0.1, 0.15) is 38.7 Å². The summed E-state index contributed by atoms with van der Waals surface area (Å²) >= 11 is 0. The van der Waals surface area contributed by atoms with Gasteiger partial charge in [-0.2, -0.15) is 0 Å². The van der Waals surface area contributed by atoms with E-state index in [4.69, 9.17) is 5.73 Å². The van der Waals surface area contributed by atoms with Gasteiger partial charge in [-0.25, -0.2) is 4.98 Å². The average Bonchev–Trinajstić information content (AvgIpc) is 2.52. The highest BCUT2D eigenvalue weighted by molar-refractivity contribution is 4.94. The van der Waals surface area contributed by atoms with E-state index in [2.05, 4.69) is 23.4 Å². The van der Waals surface area contributed by atoms with Crippen LogP contribution < -0.4 is 5.73 Å². The highest BCUT2D eigenvalue weighted by Gasteiger charge is 2.06. The summed E-state index contributed by atoms with van der Waals surface area (Å²) < 4.78 is 2.06. The second-order valence-corrected chi connectivity index (χ2v) is 2.98. The molecule has 1 aromatic rings. The zero-order chi connectivity index (χ0) is 8.97. The second-order valence-electron chi connectivity index (χ2n) is 2.98. The highest BCUT2D eigenvalue weighted by atomic mass is 15.1. The number of imidazole rings is 1. The minimum absolute atomic E-state index is 0.0917. The largest absolute Gasteiger partial charge is 0.319 e. The number of aryl methyl sites for hydroxylation is 1. The van der Waals surface area contributed by atoms with Crippen molar-refractivity contribution in [1.29, 1.82) is 0 Å². The molecule has 12 heavy (non-hydrogen) atoms. The molecule has 0 amide bonds. The highest BCUT2D eigenvalue weighted by Crippen LogP contribution is 2.08. The van der Waals surface area contributed by atoms with Gasteiger partial charge in [0.05, 0.1) is 6.17 Å². The van der Waals surface area contributed by atoms with Crippen LogP contribution in [0.2, 0.25) is 0 Å². The van der Waals surface area contributed by atoms with Gasteiger partial charge in [0.1, 0.15) is 5.82 Å². The summed E-state index contributed by atoms with van der Waals surface area (Å²) in [6, 6.07) is 0. The molecule has 0 fully saturated rings. The maximum atomic E-state index is 5.89. The Balaban J connectivity index is 2.76. The van der Waals surface area contributed by atoms with E-state index in [0.29, 0.717) is 0 Å². The molecule has 0 aliphatic heterocycles. The topological polar surface area (TPSA) is 43.8 Å². The molecule has 1 aromatic heterocycles. The van der Waals surface area contributed by atoms with Crippen molar-refractivity contribution < 1.29 is 0 Å². The number of rotatable bonds is 4. The summed E-state index contributed by atoms with van der Waals surface area (Å²) in [5, 5.41) is 0. The van der Waals surface area contributed by atoms with E-state index < -0.39 is 0 Å². The average molecular weight is 167 g/mol. The fourth-order valence-corrected chi connectivity index (χ4v) is 1.26. The van der Waals surface area contributed by atoms with E-state index in [-0.39, 0.29) is 6.17 Å². The minimum atomic E-state index is 0.0917. The van der Waals surface area contributed by atoms with Gasteiger partial charge in [-0.15, -0.1) is 0 Å². The Kier molecular flexibility index (Phi) is 3.29. The second kappa shape index (κ2) is 4.26. The molecule has 0 aliphatic rings. The van der Waals surface area contributed by atoms with Crippen molar-refractivity contribution in [2.45, 2.75) is 39.3 Å². The first-order valence-corrected chi connectivity index (χ1v) is 4.56. The van der Waals surface area contributed by atoms with E-state index in [1.807, 2.05) is 12.4 Å². The van der Waals surface area contributed by atoms with Crippen molar-refractivity contribution in [1.82, 2.24) is 9.55 Å². The normalized spacial score (nSPS) is 13.2. The Labute approximate surface area is 73.6 Å². The Bertz CT molecular complexity index is 229. The molecule has 0 aromatic carbocycles. The molecule has 0 bridgehead atoms. The third-order valence-corrected chi connectivity index (χ3v) is 2.00. The van der Waals surface area contributed by atoms with Crippen LogP contribution >= 0.6 is 0 Å². The first-order chi connectivity index (χ1) is 5.79. The van der Waals surface area contributed by atoms with Crippen LogP contribution in [-0.4, -0.2) is 9.55 Å². The lowest BCUT2D eigenvalue weighted by atomic mass is 10.3. The van der Waals surface area contributed by atoms with Gasteiger partial charge in [-0.3, -0.25) is 0 Å². The van der Waals surface area contributed by atoms with Crippen LogP contribution in [0.15, 0.2) is 12.4 Å². The summed E-state index contributed by atoms with van der Waals surface area (Å²) in [5.41, 5.74) is 5.89. The summed E-state index contributed by atoms with van der Waals surface area (Å²) in [4.78, 5) is 4.26. The van der Waals surface area contributed by atoms with Crippen molar-refractivity contribution >= 4 is 0 Å². The maximum Gasteiger partial charge on any atom is 0.109 e. The van der Waals surface area contributed by atoms with Crippen LogP contribution in [0, 0.1) is 0 Å². The van der Waals surface area contributed by atoms with Crippen molar-refractivity contribution in [2.24, 2.45) is 5.73 Å². The SMILES string of the molecule is CCCc1nccn1C(N)CC. The molecule has 0 saturated heterocycles. The van der Waals surface area contributed by atoms with Crippen LogP contribution in [-0.2, 0) is 6.42 Å². The van der Waals surface area contributed by atoms with Crippen LogP contribution in [0.5, 0.6) is 0 Å². The molecule has 1 heterocycles. The Hall–Kier alpha value is -0.830. The van der Waals surface area contributed by atoms with E-state index in [1.54, 1.807) is 0 Å². The first kappa shape index (κ1) is 9.26. The summed E-state index contributed by atoms with van der Waals surface area (Å²) in [6.07, 6.45) is 6.95. The fourth-order valence-electron chi connectivity index (χ4n) is 1.26. The molecule has 1 atom stereocenters. The maximum absolute atomic E-state index is 5.89. The van der Waals surface area contributed by atoms with E-state index in [0.717, 1.165) is 25.1 Å². The quantitative estimate of drug-likeness (QED) is 0.741. The van der Waals surface area contributed by atoms with Gasteiger partial charge >= 0.3 is 0 Å². The van der Waals surface area contributed by atoms with Gasteiger partial charge in [0.15, 0.2) is 0 Å². The molecule has 0 saturated carbocycles. The van der Waals surface area contributed by atoms with Gasteiger partial charge in [0, 0.05) is 18.8 Å². The number of hydrogen-bond donors (Lipinski definition) is 1. The van der Waals surface area contributed by atoms with Gasteiger partial charge in [-0.05, 0) is 12.8 Å². The van der Waals surface area contributed by atoms with Gasteiger partial charge in [0.25, 0.3) is 0 Å². The Morgan fingerprint density at radius 2 is 2.33 bits per heavy atom. The minimum Gasteiger partial charge on any atom is -0.319 e. The lowest BCUT2D eigenvalue weighted by Crippen LogP contribution is -2.19. The van der Waals surface area contributed by atoms with Crippen molar-refractivity contribution in [3.05, 3.63) is 18.2 Å². The number of nitrogens with zero attached hydrogens (tertiary/aromatic N) is 2. The Morgan fingerprint density at radius 3 is 2.92 bits per heavy atom. The lowest BCUT2D eigenvalue weighted by molar-refractivity contribution is 0.484. The van der Waals surface area contributed by atoms with Crippen molar-refractivity contribution in [3.8, 4) is 0 Å². The van der Waals surface area contributed by atoms with Crippen LogP contribution in [0.3, 0.4) is 0 Å². The molecule has 3 heteroatoms. The van der Waals surface area contributed by atoms with E-state index in [9.17, 15) is 0 Å². The zero-order valence-electron chi connectivity index (χ0n) is 7.83. The molecule has 0 spiro atoms. The predicted octanol–water partition coefficient (Wildman–Crippen LogP) is 1.70. The van der Waals surface area contributed by atoms with Crippen molar-refractivity contribution in [3.63, 3.8) is 0 Å². The summed E-state index contributed by atoms with van der Waals surface area (Å²) in [6.45, 7) is 4.23. The summed E-state index contributed by atoms with van der Waals surface area (Å²) in [5.74, 6) is 1.10. The molecule has 0 aliphatic carbocycles. The number of nitrogens with two attached hydrogens (primary N) is 1. The van der Waals surface area contributed by atoms with E-state index >= 15 is 0 Å². The van der Waals surface area contributed by atoms with Crippen LogP contribution in [0.4, 0.5) is 0 Å². The predicted molar refractivity (Wildman–Crippen MR) is 49.7 cm³/mol. The molecular weight excluding hydrogens is 150 g/mol. The molecule has 1 unspecified atom stereocenters. The molecule has 3 nitrogen and oxygen atoms in total. The van der Waals surface area contributed by atoms with Crippen molar-refractivity contribution in [2.75, 3.05) is 0 Å². The zero-order valence-corrected chi connectivity index (χ0v) is 7.83. The third-order valence-electron chi connectivity index (χ3n) is 2.00. The van der Waals surface area contributed by atoms with Gasteiger partial charge in [-0.1, -0.05) is 13.8 Å². The lowest BCUT2D eigenvalue weighted by Gasteiger charge is -2.13. The Morgan fingerprint density at radius 1 is 1.58 bits per heavy atom. The monoisotopic (exact) mass is 167 g/mol. The molecule has 1 rings (SSSR count). The first-order valence-electron chi connectivity index (χ1n) is 4.56. The van der Waals surface area contributed by atoms with Crippen LogP contribution in [0.25, 0.3) is 0 Å². The summed E-state index contributed by atoms with van der Waals surface area (Å²) in [7, 11) is 0. The van der Waals surface area contributed by atoms with Gasteiger partial charge in [0.2, 0.25) is 0 Å². The molecular formula is C9H17N3. The standard InChI is InChI=1S/C9H17N3/c1-3-5-9-11-6-7-12(9)8(10)4-2/h6-8H,3-5,10H2,1-2H3. The molecule has 68 valence electrons. The number of hydrogen-bond acceptors (Lipinski definition) is 2. The smallest absolute Gasteiger partial charge is 0.109 e. The molecule has 0 radical (unpaired) electrons. The third kappa shape index (κ3) is 1.85.